The third-order valence-corrected chi connectivity index (χ3v) is 8.50. The molecule has 2 aromatic heterocycles. The van der Waals surface area contributed by atoms with E-state index in [9.17, 15) is 26.0 Å². The Morgan fingerprint density at radius 3 is 2.20 bits per heavy atom. The number of piperazine rings is 1. The second kappa shape index (κ2) is 11.4. The molecule has 15 heteroatoms. The lowest BCUT2D eigenvalue weighted by Crippen LogP contribution is -2.48. The Balaban J connectivity index is 1.22. The first-order chi connectivity index (χ1) is 19.1. The molecule has 40 heavy (non-hydrogen) atoms. The molecule has 0 N–H and O–H groups in total. The molecule has 10 nitrogen and oxygen atoms in total. The number of hydrogen-bond acceptors (Lipinski definition) is 8. The molecule has 0 unspecified atom stereocenters. The van der Waals surface area contributed by atoms with Gasteiger partial charge in [-0.05, 0) is 24.6 Å². The Kier molecular flexibility index (Phi) is 7.96. The number of alkyl halides is 2. The molecule has 1 saturated heterocycles. The molecular formula is C25H25F4N7O3S. The lowest BCUT2D eigenvalue weighted by Gasteiger charge is -2.33. The number of rotatable bonds is 9. The molecule has 1 aliphatic rings. The summed E-state index contributed by atoms with van der Waals surface area (Å²) in [6.45, 7) is 4.30. The highest BCUT2D eigenvalue weighted by atomic mass is 32.2. The van der Waals surface area contributed by atoms with Crippen molar-refractivity contribution in [3.05, 3.63) is 71.2 Å². The van der Waals surface area contributed by atoms with Crippen LogP contribution in [-0.2, 0) is 23.1 Å². The molecule has 2 aromatic carbocycles. The van der Waals surface area contributed by atoms with E-state index in [1.807, 2.05) is 24.3 Å². The largest absolute Gasteiger partial charge is 0.415 e. The first-order valence-corrected chi connectivity index (χ1v) is 14.0. The molecule has 5 rings (SSSR count). The van der Waals surface area contributed by atoms with Gasteiger partial charge in [0.25, 0.3) is 5.89 Å². The summed E-state index contributed by atoms with van der Waals surface area (Å²) in [5, 5.41) is 14.6. The normalized spacial score (nSPS) is 15.2. The molecule has 0 atom stereocenters. The smallest absolute Gasteiger partial charge is 0.314 e. The van der Waals surface area contributed by atoms with Crippen molar-refractivity contribution in [1.29, 1.82) is 0 Å². The number of hydrogen-bond donors (Lipinski definition) is 0. The van der Waals surface area contributed by atoms with Crippen molar-refractivity contribution in [2.75, 3.05) is 31.9 Å². The molecule has 0 bridgehead atoms. The van der Waals surface area contributed by atoms with Crippen molar-refractivity contribution in [3.8, 4) is 22.7 Å². The summed E-state index contributed by atoms with van der Waals surface area (Å²) in [6, 6.07) is 9.49. The molecule has 0 spiro atoms. The Hall–Kier alpha value is -3.69. The first-order valence-electron chi connectivity index (χ1n) is 12.4. The van der Waals surface area contributed by atoms with Crippen molar-refractivity contribution in [2.45, 2.75) is 26.4 Å². The SMILES string of the molecule is CCS(=O)(=O)N1CCN(Cc2ccc(-c3cn(Cc4c(F)cc(-c5nnc(C(F)F)o5)cc4F)nn3)cc2)CC1. The number of halogens is 4. The maximum absolute atomic E-state index is 14.7. The zero-order chi connectivity index (χ0) is 28.4. The zero-order valence-corrected chi connectivity index (χ0v) is 22.2. The van der Waals surface area contributed by atoms with Crippen LogP contribution in [0.4, 0.5) is 17.6 Å². The standard InChI is InChI=1S/C25H25F4N7O3S/c1-2-40(37,38)36-9-7-34(8-10-36)13-16-3-5-17(6-4-16)22-15-35(33-30-22)14-19-20(26)11-18(12-21(19)27)24-31-32-25(39-24)23(28)29/h3-6,11-12,15,23H,2,7-10,13-14H2,1H3. The fourth-order valence-electron chi connectivity index (χ4n) is 4.37. The molecule has 1 fully saturated rings. The van der Waals surface area contributed by atoms with Gasteiger partial charge in [0.2, 0.25) is 15.9 Å². The second-order valence-electron chi connectivity index (χ2n) is 9.24. The maximum Gasteiger partial charge on any atom is 0.314 e. The molecule has 3 heterocycles. The molecular weight excluding hydrogens is 554 g/mol. The van der Waals surface area contributed by atoms with E-state index in [4.69, 9.17) is 4.42 Å². The van der Waals surface area contributed by atoms with Crippen LogP contribution >= 0.6 is 0 Å². The Morgan fingerprint density at radius 2 is 1.60 bits per heavy atom. The predicted molar refractivity (Wildman–Crippen MR) is 135 cm³/mol. The highest BCUT2D eigenvalue weighted by molar-refractivity contribution is 7.89. The van der Waals surface area contributed by atoms with Gasteiger partial charge in [0.15, 0.2) is 0 Å². The van der Waals surface area contributed by atoms with Crippen molar-refractivity contribution in [2.24, 2.45) is 0 Å². The van der Waals surface area contributed by atoms with Gasteiger partial charge in [-0.15, -0.1) is 15.3 Å². The lowest BCUT2D eigenvalue weighted by molar-refractivity contribution is 0.116. The second-order valence-corrected chi connectivity index (χ2v) is 11.5. The summed E-state index contributed by atoms with van der Waals surface area (Å²) in [6.07, 6.45) is -1.44. The Bertz CT molecular complexity index is 1560. The van der Waals surface area contributed by atoms with Crippen molar-refractivity contribution in [3.63, 3.8) is 0 Å². The molecule has 0 aliphatic carbocycles. The van der Waals surface area contributed by atoms with E-state index < -0.39 is 39.9 Å². The molecule has 0 amide bonds. The quantitative estimate of drug-likeness (QED) is 0.276. The van der Waals surface area contributed by atoms with Crippen LogP contribution in [0.3, 0.4) is 0 Å². The van der Waals surface area contributed by atoms with Crippen LogP contribution in [0.1, 0.15) is 30.4 Å². The average Bonchev–Trinajstić information content (AvgIpc) is 3.62. The van der Waals surface area contributed by atoms with Crippen molar-refractivity contribution in [1.82, 2.24) is 34.4 Å². The van der Waals surface area contributed by atoms with Crippen LogP contribution in [0.2, 0.25) is 0 Å². The van der Waals surface area contributed by atoms with Crippen LogP contribution in [0.25, 0.3) is 22.7 Å². The third kappa shape index (κ3) is 6.05. The minimum atomic E-state index is -3.17. The van der Waals surface area contributed by atoms with Gasteiger partial charge in [-0.25, -0.2) is 21.9 Å². The van der Waals surface area contributed by atoms with Gasteiger partial charge in [0.1, 0.15) is 17.3 Å². The van der Waals surface area contributed by atoms with E-state index in [2.05, 4.69) is 25.4 Å². The number of nitrogens with zero attached hydrogens (tertiary/aromatic N) is 7. The lowest BCUT2D eigenvalue weighted by atomic mass is 10.1. The molecule has 1 aliphatic heterocycles. The Morgan fingerprint density at radius 1 is 0.925 bits per heavy atom. The van der Waals surface area contributed by atoms with E-state index in [1.54, 1.807) is 13.1 Å². The molecule has 0 radical (unpaired) electrons. The van der Waals surface area contributed by atoms with Crippen molar-refractivity contribution < 1.29 is 30.4 Å². The minimum Gasteiger partial charge on any atom is -0.415 e. The highest BCUT2D eigenvalue weighted by Gasteiger charge is 2.25. The van der Waals surface area contributed by atoms with Gasteiger partial charge in [0.05, 0.1) is 18.5 Å². The number of sulfonamides is 1. The summed E-state index contributed by atoms with van der Waals surface area (Å²) >= 11 is 0. The van der Waals surface area contributed by atoms with Crippen LogP contribution in [-0.4, -0.2) is 74.7 Å². The highest BCUT2D eigenvalue weighted by Crippen LogP contribution is 2.27. The predicted octanol–water partition coefficient (Wildman–Crippen LogP) is 3.73. The van der Waals surface area contributed by atoms with Gasteiger partial charge >= 0.3 is 6.43 Å². The average molecular weight is 580 g/mol. The summed E-state index contributed by atoms with van der Waals surface area (Å²) in [5.74, 6) is -3.12. The van der Waals surface area contributed by atoms with E-state index in [-0.39, 0.29) is 23.4 Å². The van der Waals surface area contributed by atoms with Crippen molar-refractivity contribution >= 4 is 10.0 Å². The third-order valence-electron chi connectivity index (χ3n) is 6.62. The zero-order valence-electron chi connectivity index (χ0n) is 21.3. The molecule has 4 aromatic rings. The van der Waals surface area contributed by atoms with E-state index in [0.29, 0.717) is 38.4 Å². The summed E-state index contributed by atoms with van der Waals surface area (Å²) in [7, 11) is -3.17. The fourth-order valence-corrected chi connectivity index (χ4v) is 5.46. The Labute approximate surface area is 227 Å². The minimum absolute atomic E-state index is 0.100. The summed E-state index contributed by atoms with van der Waals surface area (Å²) in [5.41, 5.74) is 1.86. The van der Waals surface area contributed by atoms with Crippen LogP contribution in [0, 0.1) is 11.6 Å². The topological polar surface area (TPSA) is 110 Å². The van der Waals surface area contributed by atoms with E-state index in [1.165, 1.54) is 8.99 Å². The van der Waals surface area contributed by atoms with Gasteiger partial charge < -0.3 is 4.42 Å². The summed E-state index contributed by atoms with van der Waals surface area (Å²) < 4.78 is 86.5. The molecule has 0 saturated carbocycles. The monoisotopic (exact) mass is 579 g/mol. The van der Waals surface area contributed by atoms with E-state index in [0.717, 1.165) is 23.3 Å². The van der Waals surface area contributed by atoms with Gasteiger partial charge in [0, 0.05) is 49.4 Å². The maximum atomic E-state index is 14.7. The number of aromatic nitrogens is 5. The van der Waals surface area contributed by atoms with Crippen LogP contribution in [0.5, 0.6) is 0 Å². The van der Waals surface area contributed by atoms with Gasteiger partial charge in [-0.2, -0.15) is 13.1 Å². The van der Waals surface area contributed by atoms with E-state index >= 15 is 0 Å². The summed E-state index contributed by atoms with van der Waals surface area (Å²) in [4.78, 5) is 2.19. The molecule has 212 valence electrons. The fraction of sp³-hybridized carbons (Fsp3) is 0.360. The first kappa shape index (κ1) is 27.9. The van der Waals surface area contributed by atoms with Crippen LogP contribution < -0.4 is 0 Å². The van der Waals surface area contributed by atoms with Gasteiger partial charge in [-0.3, -0.25) is 4.90 Å². The van der Waals surface area contributed by atoms with Gasteiger partial charge in [-0.1, -0.05) is 29.5 Å². The number of benzene rings is 2. The van der Waals surface area contributed by atoms with Crippen LogP contribution in [0.15, 0.2) is 47.0 Å².